The van der Waals surface area contributed by atoms with E-state index in [-0.39, 0.29) is 6.10 Å². The SMILES string of the molecule is CCC[C@H](O)C[C@H](C)CCCC(C)C. The fourth-order valence-electron chi connectivity index (χ4n) is 1.91. The molecule has 0 aliphatic carbocycles. The highest BCUT2D eigenvalue weighted by Gasteiger charge is 2.09. The van der Waals surface area contributed by atoms with Crippen molar-refractivity contribution >= 4 is 0 Å². The molecule has 14 heavy (non-hydrogen) atoms. The van der Waals surface area contributed by atoms with Crippen molar-refractivity contribution in [2.24, 2.45) is 11.8 Å². The molecule has 0 unspecified atom stereocenters. The lowest BCUT2D eigenvalue weighted by Crippen LogP contribution is -2.11. The van der Waals surface area contributed by atoms with Crippen LogP contribution in [0.1, 0.15) is 66.2 Å². The van der Waals surface area contributed by atoms with Crippen molar-refractivity contribution < 1.29 is 5.11 Å². The molecule has 0 spiro atoms. The lowest BCUT2D eigenvalue weighted by Gasteiger charge is -2.16. The van der Waals surface area contributed by atoms with Crippen LogP contribution < -0.4 is 0 Å². The van der Waals surface area contributed by atoms with Crippen molar-refractivity contribution in [3.8, 4) is 0 Å². The van der Waals surface area contributed by atoms with Crippen molar-refractivity contribution in [3.63, 3.8) is 0 Å². The van der Waals surface area contributed by atoms with Gasteiger partial charge in [0.2, 0.25) is 0 Å². The minimum atomic E-state index is -0.0611. The average molecular weight is 200 g/mol. The Kier molecular flexibility index (Phi) is 8.26. The van der Waals surface area contributed by atoms with Gasteiger partial charge in [0.15, 0.2) is 0 Å². The van der Waals surface area contributed by atoms with Crippen LogP contribution in [0.3, 0.4) is 0 Å². The summed E-state index contributed by atoms with van der Waals surface area (Å²) < 4.78 is 0. The molecule has 0 saturated heterocycles. The normalized spacial score (nSPS) is 15.9. The van der Waals surface area contributed by atoms with Crippen molar-refractivity contribution in [1.29, 1.82) is 0 Å². The second-order valence-corrected chi connectivity index (χ2v) is 5.11. The largest absolute Gasteiger partial charge is 0.393 e. The van der Waals surface area contributed by atoms with Gasteiger partial charge in [-0.05, 0) is 24.7 Å². The van der Waals surface area contributed by atoms with Crippen LogP contribution >= 0.6 is 0 Å². The van der Waals surface area contributed by atoms with Gasteiger partial charge in [-0.25, -0.2) is 0 Å². The number of hydrogen-bond acceptors (Lipinski definition) is 1. The fraction of sp³-hybridized carbons (Fsp3) is 1.00. The van der Waals surface area contributed by atoms with Gasteiger partial charge in [-0.3, -0.25) is 0 Å². The van der Waals surface area contributed by atoms with Crippen molar-refractivity contribution in [1.82, 2.24) is 0 Å². The van der Waals surface area contributed by atoms with Gasteiger partial charge in [0.25, 0.3) is 0 Å². The lowest BCUT2D eigenvalue weighted by molar-refractivity contribution is 0.132. The molecule has 86 valence electrons. The van der Waals surface area contributed by atoms with E-state index in [9.17, 15) is 5.11 Å². The zero-order valence-corrected chi connectivity index (χ0v) is 10.4. The molecule has 0 aromatic heterocycles. The molecular formula is C13H28O. The van der Waals surface area contributed by atoms with Gasteiger partial charge < -0.3 is 5.11 Å². The Morgan fingerprint density at radius 1 is 1.00 bits per heavy atom. The third kappa shape index (κ3) is 8.55. The minimum Gasteiger partial charge on any atom is -0.393 e. The standard InChI is InChI=1S/C13H28O/c1-5-7-13(14)10-12(4)9-6-8-11(2)3/h11-14H,5-10H2,1-4H3/t12-,13+/m1/s1. The number of hydrogen-bond donors (Lipinski definition) is 1. The smallest absolute Gasteiger partial charge is 0.0542 e. The summed E-state index contributed by atoms with van der Waals surface area (Å²) in [7, 11) is 0. The Labute approximate surface area is 89.9 Å². The van der Waals surface area contributed by atoms with Gasteiger partial charge in [-0.2, -0.15) is 0 Å². The van der Waals surface area contributed by atoms with E-state index in [1.54, 1.807) is 0 Å². The van der Waals surface area contributed by atoms with E-state index in [0.29, 0.717) is 5.92 Å². The second kappa shape index (κ2) is 8.28. The van der Waals surface area contributed by atoms with Crippen LogP contribution in [0.15, 0.2) is 0 Å². The molecule has 2 atom stereocenters. The summed E-state index contributed by atoms with van der Waals surface area (Å²) in [5, 5.41) is 9.63. The second-order valence-electron chi connectivity index (χ2n) is 5.11. The van der Waals surface area contributed by atoms with E-state index in [1.807, 2.05) is 0 Å². The van der Waals surface area contributed by atoms with Gasteiger partial charge in [-0.1, -0.05) is 53.4 Å². The van der Waals surface area contributed by atoms with Crippen LogP contribution in [0.2, 0.25) is 0 Å². The summed E-state index contributed by atoms with van der Waals surface area (Å²) in [6.45, 7) is 8.94. The maximum Gasteiger partial charge on any atom is 0.0542 e. The van der Waals surface area contributed by atoms with Crippen LogP contribution in [0.25, 0.3) is 0 Å². The van der Waals surface area contributed by atoms with Crippen LogP contribution in [0.5, 0.6) is 0 Å². The molecule has 1 nitrogen and oxygen atoms in total. The number of rotatable bonds is 8. The van der Waals surface area contributed by atoms with E-state index in [0.717, 1.165) is 25.2 Å². The summed E-state index contributed by atoms with van der Waals surface area (Å²) in [6.07, 6.45) is 6.92. The highest BCUT2D eigenvalue weighted by atomic mass is 16.3. The van der Waals surface area contributed by atoms with Gasteiger partial charge in [-0.15, -0.1) is 0 Å². The fourth-order valence-corrected chi connectivity index (χ4v) is 1.91. The van der Waals surface area contributed by atoms with E-state index >= 15 is 0 Å². The van der Waals surface area contributed by atoms with Gasteiger partial charge in [0.1, 0.15) is 0 Å². The molecule has 0 fully saturated rings. The summed E-state index contributed by atoms with van der Waals surface area (Å²) >= 11 is 0. The van der Waals surface area contributed by atoms with Crippen molar-refractivity contribution in [2.45, 2.75) is 72.3 Å². The molecule has 0 saturated carbocycles. The van der Waals surface area contributed by atoms with E-state index < -0.39 is 0 Å². The van der Waals surface area contributed by atoms with Crippen LogP contribution in [0.4, 0.5) is 0 Å². The molecule has 1 heteroatoms. The first-order chi connectivity index (χ1) is 6.56. The monoisotopic (exact) mass is 200 g/mol. The van der Waals surface area contributed by atoms with Gasteiger partial charge in [0, 0.05) is 0 Å². The predicted molar refractivity (Wildman–Crippen MR) is 63.4 cm³/mol. The van der Waals surface area contributed by atoms with E-state index in [1.165, 1.54) is 19.3 Å². The molecule has 1 N–H and O–H groups in total. The van der Waals surface area contributed by atoms with Gasteiger partial charge >= 0.3 is 0 Å². The number of aliphatic hydroxyl groups excluding tert-OH is 1. The van der Waals surface area contributed by atoms with E-state index in [2.05, 4.69) is 27.7 Å². The Hall–Kier alpha value is -0.0400. The van der Waals surface area contributed by atoms with E-state index in [4.69, 9.17) is 0 Å². The first-order valence-corrected chi connectivity index (χ1v) is 6.24. The minimum absolute atomic E-state index is 0.0611. The molecule has 0 aromatic rings. The molecule has 0 aliphatic rings. The Morgan fingerprint density at radius 3 is 2.14 bits per heavy atom. The predicted octanol–water partition coefficient (Wildman–Crippen LogP) is 4.00. The Bertz CT molecular complexity index is 120. The Balaban J connectivity index is 3.39. The Morgan fingerprint density at radius 2 is 1.64 bits per heavy atom. The van der Waals surface area contributed by atoms with Crippen molar-refractivity contribution in [2.75, 3.05) is 0 Å². The topological polar surface area (TPSA) is 20.2 Å². The average Bonchev–Trinajstić information content (AvgIpc) is 2.03. The third-order valence-electron chi connectivity index (χ3n) is 2.77. The van der Waals surface area contributed by atoms with Crippen molar-refractivity contribution in [3.05, 3.63) is 0 Å². The third-order valence-corrected chi connectivity index (χ3v) is 2.77. The summed E-state index contributed by atoms with van der Waals surface area (Å²) in [5.41, 5.74) is 0. The molecule has 0 heterocycles. The van der Waals surface area contributed by atoms with Crippen LogP contribution in [-0.2, 0) is 0 Å². The van der Waals surface area contributed by atoms with Gasteiger partial charge in [0.05, 0.1) is 6.10 Å². The highest BCUT2D eigenvalue weighted by molar-refractivity contribution is 4.62. The maximum absolute atomic E-state index is 9.63. The molecule has 0 radical (unpaired) electrons. The summed E-state index contributed by atoms with van der Waals surface area (Å²) in [6, 6.07) is 0. The zero-order chi connectivity index (χ0) is 11.0. The summed E-state index contributed by atoms with van der Waals surface area (Å²) in [5.74, 6) is 1.51. The molecule has 0 aliphatic heterocycles. The molecule has 0 rings (SSSR count). The lowest BCUT2D eigenvalue weighted by atomic mass is 9.94. The highest BCUT2D eigenvalue weighted by Crippen LogP contribution is 2.18. The van der Waals surface area contributed by atoms with Crippen LogP contribution in [-0.4, -0.2) is 11.2 Å². The quantitative estimate of drug-likeness (QED) is 0.628. The summed E-state index contributed by atoms with van der Waals surface area (Å²) in [4.78, 5) is 0. The zero-order valence-electron chi connectivity index (χ0n) is 10.4. The molecule has 0 bridgehead atoms. The first kappa shape index (κ1) is 14.0. The van der Waals surface area contributed by atoms with Crippen LogP contribution in [0, 0.1) is 11.8 Å². The maximum atomic E-state index is 9.63. The number of aliphatic hydroxyl groups is 1. The molecular weight excluding hydrogens is 172 g/mol. The molecule has 0 amide bonds. The molecule has 0 aromatic carbocycles. The first-order valence-electron chi connectivity index (χ1n) is 6.24.